The molecule has 0 bridgehead atoms. The zero-order valence-corrected chi connectivity index (χ0v) is 31.6. The fourth-order valence-corrected chi connectivity index (χ4v) is 9.36. The summed E-state index contributed by atoms with van der Waals surface area (Å²) in [5.74, 6) is 0. The average Bonchev–Trinajstić information content (AvgIpc) is 3.94. The highest BCUT2D eigenvalue weighted by Crippen LogP contribution is 2.43. The molecule has 4 nitrogen and oxygen atoms in total. The molecule has 0 aliphatic carbocycles. The summed E-state index contributed by atoms with van der Waals surface area (Å²) >= 11 is 0. The highest BCUT2D eigenvalue weighted by Gasteiger charge is 2.21. The van der Waals surface area contributed by atoms with Gasteiger partial charge in [0.15, 0.2) is 0 Å². The fourth-order valence-electron chi connectivity index (χ4n) is 9.36. The van der Waals surface area contributed by atoms with Gasteiger partial charge in [-0.05, 0) is 103 Å². The van der Waals surface area contributed by atoms with Crippen LogP contribution in [0.25, 0.3) is 82.5 Å². The number of hydrogen-bond acceptors (Lipinski definition) is 1. The molecular weight excluding hydrogens is 705 g/mol. The smallest absolute Gasteiger partial charge is 0.0641 e. The summed E-state index contributed by atoms with van der Waals surface area (Å²) in [6, 6.07) is 79.0. The van der Waals surface area contributed by atoms with Crippen LogP contribution in [0, 0.1) is 0 Å². The lowest BCUT2D eigenvalue weighted by atomic mass is 10.1. The number of anilines is 3. The van der Waals surface area contributed by atoms with Crippen LogP contribution in [-0.2, 0) is 0 Å². The molecule has 0 aliphatic rings. The lowest BCUT2D eigenvalue weighted by Gasteiger charge is -2.25. The van der Waals surface area contributed by atoms with Crippen molar-refractivity contribution >= 4 is 82.5 Å². The molecule has 0 saturated heterocycles. The molecule has 0 saturated carbocycles. The van der Waals surface area contributed by atoms with Crippen LogP contribution in [0.5, 0.6) is 0 Å². The number of aromatic nitrogens is 3. The van der Waals surface area contributed by atoms with E-state index < -0.39 is 0 Å². The van der Waals surface area contributed by atoms with Crippen molar-refractivity contribution in [2.45, 2.75) is 0 Å². The first kappa shape index (κ1) is 32.4. The SMILES string of the molecule is c1ccc(N(c2ccccc2)c2ccc(-n3c4ccccc4c4c3ccc3c5ccccc5n(-c5ccc(-n6c7ccccc7c7ccccc76)cc5)c34)cc2)cc1. The number of fused-ring (bicyclic) bond motifs is 10. The molecule has 0 fully saturated rings. The number of nitrogens with zero attached hydrogens (tertiary/aromatic N) is 4. The van der Waals surface area contributed by atoms with Crippen LogP contribution < -0.4 is 4.90 Å². The van der Waals surface area contributed by atoms with Crippen molar-refractivity contribution < 1.29 is 0 Å². The van der Waals surface area contributed by atoms with E-state index in [0.717, 1.165) is 34.1 Å². The van der Waals surface area contributed by atoms with Gasteiger partial charge in [-0.15, -0.1) is 0 Å². The molecule has 0 amide bonds. The van der Waals surface area contributed by atoms with Crippen LogP contribution in [0.2, 0.25) is 0 Å². The molecule has 0 aliphatic heterocycles. The maximum absolute atomic E-state index is 2.47. The Morgan fingerprint density at radius 3 is 1.14 bits per heavy atom. The van der Waals surface area contributed by atoms with E-state index in [1.54, 1.807) is 0 Å². The minimum atomic E-state index is 1.11. The molecule has 0 spiro atoms. The summed E-state index contributed by atoms with van der Waals surface area (Å²) in [6.45, 7) is 0. The van der Waals surface area contributed by atoms with Crippen molar-refractivity contribution in [2.75, 3.05) is 4.90 Å². The summed E-state index contributed by atoms with van der Waals surface area (Å²) in [5, 5.41) is 7.50. The van der Waals surface area contributed by atoms with E-state index in [1.807, 2.05) is 0 Å². The minimum Gasteiger partial charge on any atom is -0.311 e. The van der Waals surface area contributed by atoms with Crippen LogP contribution in [0.1, 0.15) is 0 Å². The Labute approximate surface area is 335 Å². The van der Waals surface area contributed by atoms with Crippen molar-refractivity contribution in [3.05, 3.63) is 218 Å². The summed E-state index contributed by atoms with van der Waals surface area (Å²) < 4.78 is 7.28. The predicted octanol–water partition coefficient (Wildman–Crippen LogP) is 14.4. The normalized spacial score (nSPS) is 11.8. The van der Waals surface area contributed by atoms with Gasteiger partial charge < -0.3 is 18.6 Å². The second-order valence-corrected chi connectivity index (χ2v) is 15.0. The second-order valence-electron chi connectivity index (χ2n) is 15.0. The third-order valence-corrected chi connectivity index (χ3v) is 11.8. The predicted molar refractivity (Wildman–Crippen MR) is 244 cm³/mol. The van der Waals surface area contributed by atoms with Gasteiger partial charge in [0.1, 0.15) is 0 Å². The zero-order chi connectivity index (χ0) is 38.2. The van der Waals surface area contributed by atoms with Gasteiger partial charge >= 0.3 is 0 Å². The van der Waals surface area contributed by atoms with Crippen molar-refractivity contribution in [3.8, 4) is 17.1 Å². The topological polar surface area (TPSA) is 18.0 Å². The number of rotatable bonds is 6. The van der Waals surface area contributed by atoms with Crippen molar-refractivity contribution in [1.29, 1.82) is 0 Å². The van der Waals surface area contributed by atoms with E-state index >= 15 is 0 Å². The van der Waals surface area contributed by atoms with E-state index in [2.05, 4.69) is 237 Å². The largest absolute Gasteiger partial charge is 0.311 e. The van der Waals surface area contributed by atoms with Gasteiger partial charge in [-0.3, -0.25) is 0 Å². The quantitative estimate of drug-likeness (QED) is 0.166. The molecule has 58 heavy (non-hydrogen) atoms. The van der Waals surface area contributed by atoms with Crippen LogP contribution >= 0.6 is 0 Å². The molecule has 3 heterocycles. The third kappa shape index (κ3) is 4.82. The molecule has 0 radical (unpaired) electrons. The molecule has 272 valence electrons. The average molecular weight is 741 g/mol. The van der Waals surface area contributed by atoms with Gasteiger partial charge in [0.25, 0.3) is 0 Å². The Balaban J connectivity index is 1.05. The highest BCUT2D eigenvalue weighted by molar-refractivity contribution is 6.26. The van der Waals surface area contributed by atoms with Gasteiger partial charge in [0.05, 0.1) is 33.1 Å². The molecule has 4 heteroatoms. The molecule has 9 aromatic carbocycles. The summed E-state index contributed by atoms with van der Waals surface area (Å²) in [7, 11) is 0. The van der Waals surface area contributed by atoms with Crippen LogP contribution in [-0.4, -0.2) is 13.7 Å². The lowest BCUT2D eigenvalue weighted by Crippen LogP contribution is -2.09. The minimum absolute atomic E-state index is 1.11. The molecule has 12 aromatic rings. The van der Waals surface area contributed by atoms with Crippen LogP contribution in [0.15, 0.2) is 218 Å². The van der Waals surface area contributed by atoms with E-state index in [4.69, 9.17) is 0 Å². The molecule has 12 rings (SSSR count). The maximum Gasteiger partial charge on any atom is 0.0641 e. The Bertz CT molecular complexity index is 3390. The summed E-state index contributed by atoms with van der Waals surface area (Å²) in [6.07, 6.45) is 0. The lowest BCUT2D eigenvalue weighted by molar-refractivity contribution is 1.15. The number of benzene rings is 9. The molecule has 0 atom stereocenters. The Morgan fingerprint density at radius 2 is 0.603 bits per heavy atom. The fraction of sp³-hybridized carbons (Fsp3) is 0. The molecule has 0 N–H and O–H groups in total. The first-order chi connectivity index (χ1) is 28.8. The number of hydrogen-bond donors (Lipinski definition) is 0. The zero-order valence-electron chi connectivity index (χ0n) is 31.6. The van der Waals surface area contributed by atoms with E-state index in [-0.39, 0.29) is 0 Å². The maximum atomic E-state index is 2.47. The Kier molecular flexibility index (Phi) is 7.20. The van der Waals surface area contributed by atoms with Crippen LogP contribution in [0.3, 0.4) is 0 Å². The van der Waals surface area contributed by atoms with Gasteiger partial charge in [-0.1, -0.05) is 115 Å². The first-order valence-corrected chi connectivity index (χ1v) is 19.9. The molecular formula is C54H36N4. The Morgan fingerprint density at radius 1 is 0.241 bits per heavy atom. The van der Waals surface area contributed by atoms with Crippen LogP contribution in [0.4, 0.5) is 17.1 Å². The van der Waals surface area contributed by atoms with E-state index in [0.29, 0.717) is 0 Å². The van der Waals surface area contributed by atoms with Gasteiger partial charge in [-0.25, -0.2) is 0 Å². The number of para-hydroxylation sites is 6. The van der Waals surface area contributed by atoms with Gasteiger partial charge in [0, 0.05) is 66.4 Å². The van der Waals surface area contributed by atoms with Crippen molar-refractivity contribution in [2.24, 2.45) is 0 Å². The van der Waals surface area contributed by atoms with Crippen molar-refractivity contribution in [1.82, 2.24) is 13.7 Å². The standard InChI is InChI=1S/C54H36N4/c1-3-15-37(16-4-1)55(38-17-5-2-6-18-38)39-27-29-41(30-28-39)57-51-26-14-10-22-47(51)53-52(57)36-35-46-45-21-9-13-25-50(45)58(54(46)53)42-33-31-40(32-34-42)56-48-23-11-7-19-43(48)44-20-8-12-24-49(44)56/h1-36H. The summed E-state index contributed by atoms with van der Waals surface area (Å²) in [5.41, 5.74) is 13.9. The molecule has 3 aromatic heterocycles. The monoisotopic (exact) mass is 740 g/mol. The second kappa shape index (κ2) is 12.9. The third-order valence-electron chi connectivity index (χ3n) is 11.8. The highest BCUT2D eigenvalue weighted by atomic mass is 15.1. The van der Waals surface area contributed by atoms with E-state index in [9.17, 15) is 0 Å². The van der Waals surface area contributed by atoms with Crippen molar-refractivity contribution in [3.63, 3.8) is 0 Å². The van der Waals surface area contributed by atoms with E-state index in [1.165, 1.54) is 65.4 Å². The Hall–Kier alpha value is -7.82. The summed E-state index contributed by atoms with van der Waals surface area (Å²) in [4.78, 5) is 2.31. The first-order valence-electron chi connectivity index (χ1n) is 19.9. The molecule has 0 unspecified atom stereocenters. The van der Waals surface area contributed by atoms with Gasteiger partial charge in [0.2, 0.25) is 0 Å². The van der Waals surface area contributed by atoms with Gasteiger partial charge in [-0.2, -0.15) is 0 Å².